The van der Waals surface area contributed by atoms with Crippen molar-refractivity contribution < 1.29 is 4.74 Å². The Balaban J connectivity index is 2.20. The van der Waals surface area contributed by atoms with Gasteiger partial charge >= 0.3 is 0 Å². The highest BCUT2D eigenvalue weighted by molar-refractivity contribution is 6.32. The predicted octanol–water partition coefficient (Wildman–Crippen LogP) is 3.45. The summed E-state index contributed by atoms with van der Waals surface area (Å²) in [4.78, 5) is 0. The van der Waals surface area contributed by atoms with Crippen molar-refractivity contribution in [3.63, 3.8) is 0 Å². The number of hydrogen-bond acceptors (Lipinski definition) is 2. The highest BCUT2D eigenvalue weighted by Gasteiger charge is 2.17. The minimum Gasteiger partial charge on any atom is -0.495 e. The number of hydrogen-bond donors (Lipinski definition) is 1. The summed E-state index contributed by atoms with van der Waals surface area (Å²) in [6.07, 6.45) is 4.59. The van der Waals surface area contributed by atoms with Crippen molar-refractivity contribution in [3.05, 3.63) is 28.3 Å². The number of ether oxygens (including phenoxy) is 1. The van der Waals surface area contributed by atoms with Crippen LogP contribution in [-0.4, -0.2) is 20.2 Å². The molecule has 0 atom stereocenters. The molecule has 1 saturated heterocycles. The lowest BCUT2D eigenvalue weighted by Crippen LogP contribution is -2.28. The van der Waals surface area contributed by atoms with Gasteiger partial charge < -0.3 is 10.1 Å². The van der Waals surface area contributed by atoms with E-state index in [1.807, 2.05) is 6.07 Å². The number of aryl methyl sites for hydroxylation is 1. The molecule has 0 bridgehead atoms. The Bertz CT molecular complexity index is 400. The molecule has 0 spiro atoms. The van der Waals surface area contributed by atoms with E-state index in [-0.39, 0.29) is 0 Å². The van der Waals surface area contributed by atoms with Crippen LogP contribution in [-0.2, 0) is 12.8 Å². The third kappa shape index (κ3) is 3.18. The van der Waals surface area contributed by atoms with Crippen LogP contribution in [0.25, 0.3) is 0 Å². The second kappa shape index (κ2) is 6.44. The molecule has 1 aromatic rings. The minimum atomic E-state index is 0.751. The van der Waals surface area contributed by atoms with Crippen LogP contribution < -0.4 is 10.1 Å². The smallest absolute Gasteiger partial charge is 0.140 e. The second-order valence-corrected chi connectivity index (χ2v) is 5.43. The predicted molar refractivity (Wildman–Crippen MR) is 76.7 cm³/mol. The van der Waals surface area contributed by atoms with Gasteiger partial charge in [0.25, 0.3) is 0 Å². The Morgan fingerprint density at radius 1 is 1.33 bits per heavy atom. The van der Waals surface area contributed by atoms with Crippen LogP contribution in [0.5, 0.6) is 5.75 Å². The molecule has 1 aliphatic heterocycles. The topological polar surface area (TPSA) is 21.3 Å². The van der Waals surface area contributed by atoms with Crippen molar-refractivity contribution in [3.8, 4) is 5.75 Å². The Labute approximate surface area is 115 Å². The molecule has 18 heavy (non-hydrogen) atoms. The van der Waals surface area contributed by atoms with Gasteiger partial charge in [0, 0.05) is 0 Å². The summed E-state index contributed by atoms with van der Waals surface area (Å²) in [6.45, 7) is 4.43. The molecule has 0 aliphatic carbocycles. The van der Waals surface area contributed by atoms with Gasteiger partial charge in [-0.25, -0.2) is 0 Å². The first kappa shape index (κ1) is 13.7. The van der Waals surface area contributed by atoms with Crippen LogP contribution in [0.2, 0.25) is 5.02 Å². The summed E-state index contributed by atoms with van der Waals surface area (Å²) < 4.78 is 5.47. The molecule has 0 amide bonds. The molecular formula is C15H22ClNO. The number of halogens is 1. The van der Waals surface area contributed by atoms with Gasteiger partial charge in [-0.2, -0.15) is 0 Å². The van der Waals surface area contributed by atoms with Crippen LogP contribution in [0.15, 0.2) is 12.1 Å². The summed E-state index contributed by atoms with van der Waals surface area (Å²) in [5.74, 6) is 1.62. The standard InChI is InChI=1S/C15H22ClNO/c1-3-11-8-13(15(18-2)14(16)10-11)9-12-4-6-17-7-5-12/h8,10,12,17H,3-7,9H2,1-2H3. The van der Waals surface area contributed by atoms with E-state index in [2.05, 4.69) is 18.3 Å². The van der Waals surface area contributed by atoms with Crippen molar-refractivity contribution in [1.82, 2.24) is 5.32 Å². The molecule has 0 saturated carbocycles. The van der Waals surface area contributed by atoms with Gasteiger partial charge in [-0.15, -0.1) is 0 Å². The maximum atomic E-state index is 6.29. The highest BCUT2D eigenvalue weighted by Crippen LogP contribution is 2.33. The summed E-state index contributed by atoms with van der Waals surface area (Å²) in [5.41, 5.74) is 2.57. The largest absolute Gasteiger partial charge is 0.495 e. The van der Waals surface area contributed by atoms with E-state index in [0.29, 0.717) is 0 Å². The Morgan fingerprint density at radius 3 is 2.67 bits per heavy atom. The van der Waals surface area contributed by atoms with E-state index in [4.69, 9.17) is 16.3 Å². The number of benzene rings is 1. The van der Waals surface area contributed by atoms with Crippen LogP contribution in [0.4, 0.5) is 0 Å². The average molecular weight is 268 g/mol. The molecule has 3 heteroatoms. The monoisotopic (exact) mass is 267 g/mol. The quantitative estimate of drug-likeness (QED) is 0.902. The fraction of sp³-hybridized carbons (Fsp3) is 0.600. The van der Waals surface area contributed by atoms with Crippen LogP contribution in [0.1, 0.15) is 30.9 Å². The molecule has 1 aliphatic rings. The van der Waals surface area contributed by atoms with Gasteiger partial charge in [-0.05, 0) is 61.9 Å². The third-order valence-corrected chi connectivity index (χ3v) is 4.04. The van der Waals surface area contributed by atoms with E-state index in [1.54, 1.807) is 7.11 Å². The fourth-order valence-corrected chi connectivity index (χ4v) is 3.03. The number of nitrogens with one attached hydrogen (secondary N) is 1. The first-order chi connectivity index (χ1) is 8.74. The Hall–Kier alpha value is -0.730. The van der Waals surface area contributed by atoms with Crippen LogP contribution in [0, 0.1) is 5.92 Å². The number of rotatable bonds is 4. The molecule has 100 valence electrons. The van der Waals surface area contributed by atoms with Crippen molar-refractivity contribution in [2.24, 2.45) is 5.92 Å². The minimum absolute atomic E-state index is 0.751. The zero-order valence-electron chi connectivity index (χ0n) is 11.3. The van der Waals surface area contributed by atoms with Gasteiger partial charge in [0.05, 0.1) is 12.1 Å². The summed E-state index contributed by atoms with van der Waals surface area (Å²) in [5, 5.41) is 4.16. The molecule has 0 radical (unpaired) electrons. The van der Waals surface area contributed by atoms with Crippen molar-refractivity contribution in [2.45, 2.75) is 32.6 Å². The van der Waals surface area contributed by atoms with E-state index in [0.717, 1.165) is 42.6 Å². The molecule has 1 heterocycles. The summed E-state index contributed by atoms with van der Waals surface area (Å²) >= 11 is 6.29. The third-order valence-electron chi connectivity index (χ3n) is 3.76. The zero-order chi connectivity index (χ0) is 13.0. The van der Waals surface area contributed by atoms with E-state index >= 15 is 0 Å². The molecule has 2 nitrogen and oxygen atoms in total. The first-order valence-corrected chi connectivity index (χ1v) is 7.18. The summed E-state index contributed by atoms with van der Waals surface area (Å²) in [7, 11) is 1.71. The van der Waals surface area contributed by atoms with Gasteiger partial charge in [-0.3, -0.25) is 0 Å². The lowest BCUT2D eigenvalue weighted by Gasteiger charge is -2.24. The molecule has 1 aromatic carbocycles. The van der Waals surface area contributed by atoms with Crippen molar-refractivity contribution in [1.29, 1.82) is 0 Å². The number of methoxy groups -OCH3 is 1. The molecular weight excluding hydrogens is 246 g/mol. The highest BCUT2D eigenvalue weighted by atomic mass is 35.5. The van der Waals surface area contributed by atoms with Crippen molar-refractivity contribution >= 4 is 11.6 Å². The molecule has 1 N–H and O–H groups in total. The normalized spacial score (nSPS) is 16.8. The molecule has 0 unspecified atom stereocenters. The van der Waals surface area contributed by atoms with Crippen LogP contribution in [0.3, 0.4) is 0 Å². The van der Waals surface area contributed by atoms with E-state index in [9.17, 15) is 0 Å². The average Bonchev–Trinajstić information content (AvgIpc) is 2.39. The Morgan fingerprint density at radius 2 is 2.06 bits per heavy atom. The molecule has 2 rings (SSSR count). The van der Waals surface area contributed by atoms with E-state index < -0.39 is 0 Å². The maximum Gasteiger partial charge on any atom is 0.140 e. The lowest BCUT2D eigenvalue weighted by molar-refractivity contribution is 0.361. The lowest BCUT2D eigenvalue weighted by atomic mass is 9.90. The van der Waals surface area contributed by atoms with Gasteiger partial charge in [0.15, 0.2) is 0 Å². The van der Waals surface area contributed by atoms with Crippen LogP contribution >= 0.6 is 11.6 Å². The van der Waals surface area contributed by atoms with Gasteiger partial charge in [-0.1, -0.05) is 24.6 Å². The SMILES string of the molecule is CCc1cc(Cl)c(OC)c(CC2CCNCC2)c1. The van der Waals surface area contributed by atoms with E-state index in [1.165, 1.54) is 24.0 Å². The summed E-state index contributed by atoms with van der Waals surface area (Å²) in [6, 6.07) is 4.28. The second-order valence-electron chi connectivity index (χ2n) is 5.02. The number of piperidine rings is 1. The van der Waals surface area contributed by atoms with Gasteiger partial charge in [0.1, 0.15) is 5.75 Å². The van der Waals surface area contributed by atoms with Gasteiger partial charge in [0.2, 0.25) is 0 Å². The first-order valence-electron chi connectivity index (χ1n) is 6.80. The fourth-order valence-electron chi connectivity index (χ4n) is 2.69. The van der Waals surface area contributed by atoms with Crippen molar-refractivity contribution in [2.75, 3.05) is 20.2 Å². The zero-order valence-corrected chi connectivity index (χ0v) is 12.0. The molecule has 1 fully saturated rings. The maximum absolute atomic E-state index is 6.29. The Kier molecular flexibility index (Phi) is 4.90. The molecule has 0 aromatic heterocycles.